The molecule has 0 unspecified atom stereocenters. The minimum Gasteiger partial charge on any atom is -0.282 e. The van der Waals surface area contributed by atoms with Gasteiger partial charge in [0.1, 0.15) is 4.90 Å². The average Bonchev–Trinajstić information content (AvgIpc) is 2.57. The molecule has 3 rings (SSSR count). The molecule has 0 saturated carbocycles. The highest BCUT2D eigenvalue weighted by molar-refractivity contribution is 7.86. The van der Waals surface area contributed by atoms with E-state index in [1.165, 1.54) is 12.1 Å². The fraction of sp³-hybridized carbons (Fsp3) is 0.294. The second-order valence-electron chi connectivity index (χ2n) is 5.76. The van der Waals surface area contributed by atoms with Gasteiger partial charge in [0.25, 0.3) is 21.9 Å². The number of benzene rings is 2. The number of unbranched alkanes of at least 4 members (excludes halogenated alkanes) is 2. The van der Waals surface area contributed by atoms with Gasteiger partial charge in [0.15, 0.2) is 0 Å². The van der Waals surface area contributed by atoms with Crippen LogP contribution in [0.4, 0.5) is 0 Å². The van der Waals surface area contributed by atoms with Crippen molar-refractivity contribution in [3.05, 3.63) is 41.5 Å². The van der Waals surface area contributed by atoms with E-state index in [2.05, 4.69) is 0 Å². The maximum atomic E-state index is 12.7. The summed E-state index contributed by atoms with van der Waals surface area (Å²) in [5.41, 5.74) is -0.0845. The number of imide groups is 1. The summed E-state index contributed by atoms with van der Waals surface area (Å²) in [5, 5.41) is 1.33. The Labute approximate surface area is 144 Å². The molecule has 132 valence electrons. The van der Waals surface area contributed by atoms with Crippen molar-refractivity contribution in [3.63, 3.8) is 0 Å². The van der Waals surface area contributed by atoms with Crippen LogP contribution in [0.2, 0.25) is 0 Å². The molecule has 1 N–H and O–H groups in total. The molecule has 2 aromatic rings. The molecular formula is C17H17NO6S. The summed E-state index contributed by atoms with van der Waals surface area (Å²) >= 11 is 0. The largest absolute Gasteiger partial charge is 0.295 e. The van der Waals surface area contributed by atoms with Crippen molar-refractivity contribution in [2.24, 2.45) is 0 Å². The van der Waals surface area contributed by atoms with Crippen LogP contribution in [0.25, 0.3) is 10.8 Å². The van der Waals surface area contributed by atoms with Crippen molar-refractivity contribution in [3.8, 4) is 0 Å². The topological polar surface area (TPSA) is 101 Å². The Morgan fingerprint density at radius 2 is 1.84 bits per heavy atom. The number of hydroxylamine groups is 2. The van der Waals surface area contributed by atoms with Crippen LogP contribution in [0.15, 0.2) is 35.2 Å². The van der Waals surface area contributed by atoms with Gasteiger partial charge >= 0.3 is 0 Å². The lowest BCUT2D eigenvalue weighted by Crippen LogP contribution is -2.41. The molecule has 2 amide bonds. The van der Waals surface area contributed by atoms with Crippen LogP contribution < -0.4 is 0 Å². The first kappa shape index (κ1) is 17.5. The van der Waals surface area contributed by atoms with Gasteiger partial charge in [-0.25, -0.2) is 0 Å². The minimum absolute atomic E-state index is 0.157. The molecule has 0 aliphatic carbocycles. The van der Waals surface area contributed by atoms with Gasteiger partial charge < -0.3 is 0 Å². The third kappa shape index (κ3) is 3.04. The number of hydrogen-bond donors (Lipinski definition) is 1. The van der Waals surface area contributed by atoms with Crippen LogP contribution in [-0.4, -0.2) is 36.5 Å². The van der Waals surface area contributed by atoms with E-state index in [-0.39, 0.29) is 23.1 Å². The van der Waals surface area contributed by atoms with Crippen molar-refractivity contribution < 1.29 is 27.4 Å². The van der Waals surface area contributed by atoms with E-state index >= 15 is 0 Å². The molecule has 1 heterocycles. The molecule has 0 bridgehead atoms. The normalized spacial score (nSPS) is 14.4. The maximum absolute atomic E-state index is 12.7. The summed E-state index contributed by atoms with van der Waals surface area (Å²) in [6, 6.07) is 7.40. The van der Waals surface area contributed by atoms with E-state index in [0.29, 0.717) is 16.9 Å². The van der Waals surface area contributed by atoms with E-state index in [4.69, 9.17) is 4.84 Å². The summed E-state index contributed by atoms with van der Waals surface area (Å²) in [6.45, 7) is 2.16. The fourth-order valence-corrected chi connectivity index (χ4v) is 3.58. The van der Waals surface area contributed by atoms with Crippen molar-refractivity contribution in [1.82, 2.24) is 5.06 Å². The summed E-state index contributed by atoms with van der Waals surface area (Å²) in [4.78, 5) is 30.1. The molecule has 25 heavy (non-hydrogen) atoms. The molecule has 7 nitrogen and oxygen atoms in total. The van der Waals surface area contributed by atoms with E-state index in [0.717, 1.165) is 18.9 Å². The fourth-order valence-electron chi connectivity index (χ4n) is 2.89. The number of carbonyl (C=O) groups excluding carboxylic acids is 2. The molecule has 0 spiro atoms. The van der Waals surface area contributed by atoms with Gasteiger partial charge in [-0.05, 0) is 23.9 Å². The Bertz CT molecular complexity index is 967. The van der Waals surface area contributed by atoms with Gasteiger partial charge in [0.2, 0.25) is 0 Å². The highest BCUT2D eigenvalue weighted by Gasteiger charge is 2.37. The van der Waals surface area contributed by atoms with Crippen molar-refractivity contribution in [2.75, 3.05) is 6.61 Å². The maximum Gasteiger partial charge on any atom is 0.295 e. The second-order valence-corrected chi connectivity index (χ2v) is 7.15. The van der Waals surface area contributed by atoms with E-state index in [9.17, 15) is 22.6 Å². The minimum atomic E-state index is -4.64. The summed E-state index contributed by atoms with van der Waals surface area (Å²) in [5.74, 6) is -1.54. The molecule has 0 fully saturated rings. The summed E-state index contributed by atoms with van der Waals surface area (Å²) in [7, 11) is -4.64. The second kappa shape index (κ2) is 6.55. The molecule has 0 aromatic heterocycles. The average molecular weight is 363 g/mol. The zero-order valence-corrected chi connectivity index (χ0v) is 14.4. The monoisotopic (exact) mass is 363 g/mol. The van der Waals surface area contributed by atoms with Gasteiger partial charge in [0, 0.05) is 5.39 Å². The van der Waals surface area contributed by atoms with Gasteiger partial charge in [-0.1, -0.05) is 38.0 Å². The predicted molar refractivity (Wildman–Crippen MR) is 89.7 cm³/mol. The molecule has 1 aliphatic heterocycles. The highest BCUT2D eigenvalue weighted by Crippen LogP contribution is 2.34. The molecular weight excluding hydrogens is 346 g/mol. The number of carbonyl (C=O) groups is 2. The summed E-state index contributed by atoms with van der Waals surface area (Å²) in [6.07, 6.45) is 2.48. The first-order chi connectivity index (χ1) is 11.9. The highest BCUT2D eigenvalue weighted by atomic mass is 32.2. The SMILES string of the molecule is CCCCCON1C(=O)c2cccc3ccc(S(=O)(=O)O)c(c23)C1=O. The molecule has 8 heteroatoms. The predicted octanol–water partition coefficient (Wildman–Crippen LogP) is 2.80. The lowest BCUT2D eigenvalue weighted by atomic mass is 9.95. The Hall–Kier alpha value is -2.29. The van der Waals surface area contributed by atoms with Gasteiger partial charge in [-0.15, -0.1) is 5.06 Å². The number of amides is 2. The first-order valence-corrected chi connectivity index (χ1v) is 9.35. The van der Waals surface area contributed by atoms with Gasteiger partial charge in [-0.2, -0.15) is 8.42 Å². The van der Waals surface area contributed by atoms with Crippen molar-refractivity contribution in [2.45, 2.75) is 31.1 Å². The number of nitrogens with zero attached hydrogens (tertiary/aromatic N) is 1. The van der Waals surface area contributed by atoms with Gasteiger partial charge in [-0.3, -0.25) is 19.0 Å². The smallest absolute Gasteiger partial charge is 0.282 e. The third-order valence-electron chi connectivity index (χ3n) is 4.07. The molecule has 2 aromatic carbocycles. The first-order valence-electron chi connectivity index (χ1n) is 7.91. The van der Waals surface area contributed by atoms with Crippen LogP contribution in [-0.2, 0) is 15.0 Å². The Balaban J connectivity index is 2.15. The van der Waals surface area contributed by atoms with E-state index in [1.807, 2.05) is 6.92 Å². The van der Waals surface area contributed by atoms with Crippen LogP contribution in [0.1, 0.15) is 46.9 Å². The number of rotatable bonds is 6. The van der Waals surface area contributed by atoms with E-state index in [1.54, 1.807) is 12.1 Å². The molecule has 0 atom stereocenters. The Morgan fingerprint density at radius 3 is 2.52 bits per heavy atom. The Kier molecular flexibility index (Phi) is 4.59. The standard InChI is InChI=1S/C17H17NO6S/c1-2-3-4-10-24-18-16(19)12-7-5-6-11-8-9-13(25(21,22)23)15(14(11)12)17(18)20/h5-9H,2-4,10H2,1H3,(H,21,22,23). The third-order valence-corrected chi connectivity index (χ3v) is 4.96. The number of hydrogen-bond acceptors (Lipinski definition) is 5. The zero-order chi connectivity index (χ0) is 18.2. The summed E-state index contributed by atoms with van der Waals surface area (Å²) < 4.78 is 32.8. The van der Waals surface area contributed by atoms with Crippen LogP contribution >= 0.6 is 0 Å². The quantitative estimate of drug-likeness (QED) is 0.481. The lowest BCUT2D eigenvalue weighted by Gasteiger charge is -2.27. The van der Waals surface area contributed by atoms with Crippen molar-refractivity contribution in [1.29, 1.82) is 0 Å². The Morgan fingerprint density at radius 1 is 1.08 bits per heavy atom. The molecule has 1 aliphatic rings. The van der Waals surface area contributed by atoms with E-state index < -0.39 is 26.8 Å². The van der Waals surface area contributed by atoms with Crippen molar-refractivity contribution >= 4 is 32.7 Å². The van der Waals surface area contributed by atoms with Crippen LogP contribution in [0.5, 0.6) is 0 Å². The molecule has 0 saturated heterocycles. The zero-order valence-electron chi connectivity index (χ0n) is 13.6. The van der Waals surface area contributed by atoms with Gasteiger partial charge in [0.05, 0.1) is 17.7 Å². The lowest BCUT2D eigenvalue weighted by molar-refractivity contribution is -0.0962. The van der Waals surface area contributed by atoms with Crippen LogP contribution in [0, 0.1) is 0 Å². The molecule has 0 radical (unpaired) electrons. The van der Waals surface area contributed by atoms with Crippen LogP contribution in [0.3, 0.4) is 0 Å².